The predicted octanol–water partition coefficient (Wildman–Crippen LogP) is 2.74. The Labute approximate surface area is 61.8 Å². The topological polar surface area (TPSA) is 29.5 Å². The van der Waals surface area contributed by atoms with E-state index in [0.717, 1.165) is 0 Å². The van der Waals surface area contributed by atoms with Gasteiger partial charge in [0.15, 0.2) is 0 Å². The Bertz CT molecular complexity index is 141. The highest BCUT2D eigenvalue weighted by Gasteiger charge is 1.96. The van der Waals surface area contributed by atoms with Crippen LogP contribution in [0, 0.1) is 0 Å². The molecule has 0 saturated carbocycles. The molecule has 58 valence electrons. The smallest absolute Gasteiger partial charge is 0.140 e. The van der Waals surface area contributed by atoms with Crippen LogP contribution in [0.4, 0.5) is 0 Å². The van der Waals surface area contributed by atoms with E-state index in [1.807, 2.05) is 13.8 Å². The second-order valence-electron chi connectivity index (χ2n) is 1.95. The highest BCUT2D eigenvalue weighted by atomic mass is 16.5. The minimum Gasteiger partial charge on any atom is -0.509 e. The number of rotatable bonds is 3. The number of aliphatic hydroxyl groups excluding tert-OH is 1. The number of hydrogen-bond donors (Lipinski definition) is 1. The van der Waals surface area contributed by atoms with Crippen LogP contribution in [0.3, 0.4) is 0 Å². The van der Waals surface area contributed by atoms with Crippen molar-refractivity contribution in [1.82, 2.24) is 0 Å². The molecular weight excluding hydrogens is 128 g/mol. The maximum atomic E-state index is 8.96. The third-order valence-electron chi connectivity index (χ3n) is 1.07. The molecule has 10 heavy (non-hydrogen) atoms. The van der Waals surface area contributed by atoms with Crippen molar-refractivity contribution >= 4 is 0 Å². The fourth-order valence-electron chi connectivity index (χ4n) is 0.575. The number of aliphatic hydroxyl groups is 1. The zero-order valence-electron chi connectivity index (χ0n) is 6.72. The van der Waals surface area contributed by atoms with Gasteiger partial charge in [-0.3, -0.25) is 0 Å². The van der Waals surface area contributed by atoms with Crippen molar-refractivity contribution < 1.29 is 9.84 Å². The molecule has 0 aromatic heterocycles. The van der Waals surface area contributed by atoms with E-state index in [4.69, 9.17) is 9.84 Å². The molecule has 2 nitrogen and oxygen atoms in total. The van der Waals surface area contributed by atoms with E-state index in [2.05, 4.69) is 0 Å². The van der Waals surface area contributed by atoms with Crippen LogP contribution in [0.1, 0.15) is 27.2 Å². The van der Waals surface area contributed by atoms with Crippen molar-refractivity contribution in [3.05, 3.63) is 23.9 Å². The zero-order chi connectivity index (χ0) is 7.98. The Balaban J connectivity index is 3.97. The molecule has 0 aromatic carbocycles. The van der Waals surface area contributed by atoms with E-state index < -0.39 is 0 Å². The summed E-state index contributed by atoms with van der Waals surface area (Å²) in [5, 5.41) is 8.96. The molecule has 0 saturated heterocycles. The van der Waals surface area contributed by atoms with Gasteiger partial charge < -0.3 is 9.84 Å². The van der Waals surface area contributed by atoms with E-state index in [0.29, 0.717) is 12.2 Å². The zero-order valence-corrected chi connectivity index (χ0v) is 6.72. The van der Waals surface area contributed by atoms with Crippen molar-refractivity contribution in [2.45, 2.75) is 27.2 Å². The molecule has 0 fully saturated rings. The van der Waals surface area contributed by atoms with Crippen LogP contribution in [0.15, 0.2) is 23.9 Å². The van der Waals surface area contributed by atoms with Crippen molar-refractivity contribution in [3.63, 3.8) is 0 Å². The fraction of sp³-hybridized carbons (Fsp3) is 0.500. The number of ether oxygens (including phenoxy) is 1. The summed E-state index contributed by atoms with van der Waals surface area (Å²) >= 11 is 0. The summed E-state index contributed by atoms with van der Waals surface area (Å²) < 4.78 is 5.05. The number of allylic oxidation sites excluding steroid dienone is 3. The molecule has 0 rings (SSSR count). The van der Waals surface area contributed by atoms with Crippen LogP contribution in [0.2, 0.25) is 0 Å². The van der Waals surface area contributed by atoms with Gasteiger partial charge in [-0.1, -0.05) is 13.0 Å². The van der Waals surface area contributed by atoms with E-state index in [1.54, 1.807) is 19.3 Å². The Kier molecular flexibility index (Phi) is 4.46. The molecule has 0 aliphatic rings. The molecule has 0 radical (unpaired) electrons. The monoisotopic (exact) mass is 142 g/mol. The normalized spacial score (nSPS) is 13.5. The number of hydrogen-bond acceptors (Lipinski definition) is 2. The quantitative estimate of drug-likeness (QED) is 0.614. The van der Waals surface area contributed by atoms with Crippen LogP contribution in [-0.2, 0) is 4.74 Å². The van der Waals surface area contributed by atoms with Crippen LogP contribution in [0.25, 0.3) is 0 Å². The highest BCUT2D eigenvalue weighted by Crippen LogP contribution is 2.07. The molecule has 0 aromatic rings. The lowest BCUT2D eigenvalue weighted by molar-refractivity contribution is 0.285. The molecule has 0 spiro atoms. The third kappa shape index (κ3) is 3.17. The Hall–Kier alpha value is -0.920. The van der Waals surface area contributed by atoms with Gasteiger partial charge in [0.25, 0.3) is 0 Å². The molecular formula is C8H14O2. The average Bonchev–Trinajstić information content (AvgIpc) is 1.89. The molecule has 0 amide bonds. The summed E-state index contributed by atoms with van der Waals surface area (Å²) in [7, 11) is 0. The van der Waals surface area contributed by atoms with E-state index in [-0.39, 0.29) is 5.76 Å². The van der Waals surface area contributed by atoms with Gasteiger partial charge in [-0.05, 0) is 13.8 Å². The van der Waals surface area contributed by atoms with Crippen molar-refractivity contribution in [1.29, 1.82) is 0 Å². The SMILES string of the molecule is CC=COC(CC)=C(C)O. The first-order valence-electron chi connectivity index (χ1n) is 3.38. The van der Waals surface area contributed by atoms with Gasteiger partial charge in [0, 0.05) is 6.42 Å². The van der Waals surface area contributed by atoms with Gasteiger partial charge in [0.2, 0.25) is 0 Å². The van der Waals surface area contributed by atoms with Crippen LogP contribution < -0.4 is 0 Å². The molecule has 0 heterocycles. The molecule has 0 bridgehead atoms. The lowest BCUT2D eigenvalue weighted by Gasteiger charge is -2.02. The first-order valence-corrected chi connectivity index (χ1v) is 3.38. The summed E-state index contributed by atoms with van der Waals surface area (Å²) in [6, 6.07) is 0. The predicted molar refractivity (Wildman–Crippen MR) is 41.5 cm³/mol. The second-order valence-corrected chi connectivity index (χ2v) is 1.95. The molecule has 1 N–H and O–H groups in total. The van der Waals surface area contributed by atoms with Gasteiger partial charge in [-0.25, -0.2) is 0 Å². The molecule has 0 aliphatic heterocycles. The van der Waals surface area contributed by atoms with Crippen molar-refractivity contribution in [3.8, 4) is 0 Å². The van der Waals surface area contributed by atoms with E-state index in [9.17, 15) is 0 Å². The molecule has 0 unspecified atom stereocenters. The van der Waals surface area contributed by atoms with Crippen molar-refractivity contribution in [2.75, 3.05) is 0 Å². The third-order valence-corrected chi connectivity index (χ3v) is 1.07. The van der Waals surface area contributed by atoms with Gasteiger partial charge >= 0.3 is 0 Å². The fourth-order valence-corrected chi connectivity index (χ4v) is 0.575. The summed E-state index contributed by atoms with van der Waals surface area (Å²) in [5.74, 6) is 0.874. The first kappa shape index (κ1) is 9.08. The van der Waals surface area contributed by atoms with Gasteiger partial charge in [0.05, 0.1) is 6.26 Å². The Morgan fingerprint density at radius 2 is 2.20 bits per heavy atom. The minimum atomic E-state index is 0.251. The average molecular weight is 142 g/mol. The van der Waals surface area contributed by atoms with Crippen molar-refractivity contribution in [2.24, 2.45) is 0 Å². The van der Waals surface area contributed by atoms with Crippen LogP contribution in [0.5, 0.6) is 0 Å². The van der Waals surface area contributed by atoms with Crippen LogP contribution >= 0.6 is 0 Å². The first-order chi connectivity index (χ1) is 4.72. The summed E-state index contributed by atoms with van der Waals surface area (Å²) in [6.45, 7) is 5.40. The maximum absolute atomic E-state index is 8.96. The van der Waals surface area contributed by atoms with Gasteiger partial charge in [-0.15, -0.1) is 0 Å². The lowest BCUT2D eigenvalue weighted by Crippen LogP contribution is -1.87. The van der Waals surface area contributed by atoms with Gasteiger partial charge in [0.1, 0.15) is 11.5 Å². The molecule has 2 heteroatoms. The molecule has 0 atom stereocenters. The summed E-state index contributed by atoms with van der Waals surface area (Å²) in [4.78, 5) is 0. The Morgan fingerprint density at radius 1 is 1.60 bits per heavy atom. The largest absolute Gasteiger partial charge is 0.509 e. The standard InChI is InChI=1S/C8H14O2/c1-4-6-10-8(5-2)7(3)9/h4,6,9H,5H2,1-3H3. The van der Waals surface area contributed by atoms with E-state index >= 15 is 0 Å². The highest BCUT2D eigenvalue weighted by molar-refractivity contribution is 4.97. The Morgan fingerprint density at radius 3 is 2.50 bits per heavy atom. The van der Waals surface area contributed by atoms with E-state index in [1.165, 1.54) is 0 Å². The summed E-state index contributed by atoms with van der Waals surface area (Å²) in [5.41, 5.74) is 0. The minimum absolute atomic E-state index is 0.251. The molecule has 0 aliphatic carbocycles. The van der Waals surface area contributed by atoms with Gasteiger partial charge in [-0.2, -0.15) is 0 Å². The second kappa shape index (κ2) is 4.91. The maximum Gasteiger partial charge on any atom is 0.140 e. The summed E-state index contributed by atoms with van der Waals surface area (Å²) in [6.07, 6.45) is 4.05. The van der Waals surface area contributed by atoms with Crippen LogP contribution in [-0.4, -0.2) is 5.11 Å². The lowest BCUT2D eigenvalue weighted by atomic mass is 10.3.